The highest BCUT2D eigenvalue weighted by Gasteiger charge is 2.32. The van der Waals surface area contributed by atoms with Gasteiger partial charge in [0.15, 0.2) is 0 Å². The highest BCUT2D eigenvalue weighted by molar-refractivity contribution is 9.10. The van der Waals surface area contributed by atoms with E-state index < -0.39 is 0 Å². The van der Waals surface area contributed by atoms with Crippen LogP contribution in [-0.2, 0) is 0 Å². The molecule has 2 amide bonds. The molecule has 4 nitrogen and oxygen atoms in total. The predicted octanol–water partition coefficient (Wildman–Crippen LogP) is 3.36. The number of rotatable bonds is 5. The number of imide groups is 1. The molecule has 0 aliphatic carbocycles. The Bertz CT molecular complexity index is 735. The van der Waals surface area contributed by atoms with E-state index in [4.69, 9.17) is 5.11 Å². The van der Waals surface area contributed by atoms with Crippen molar-refractivity contribution < 1.29 is 14.7 Å². The molecule has 1 aliphatic heterocycles. The highest BCUT2D eigenvalue weighted by Crippen LogP contribution is 2.34. The van der Waals surface area contributed by atoms with Crippen LogP contribution in [0.4, 0.5) is 0 Å². The summed E-state index contributed by atoms with van der Waals surface area (Å²) >= 11 is 3.47. The topological polar surface area (TPSA) is 57.6 Å². The molecule has 0 aromatic heterocycles. The van der Waals surface area contributed by atoms with Gasteiger partial charge in [0.05, 0.1) is 0 Å². The van der Waals surface area contributed by atoms with Crippen molar-refractivity contribution in [3.63, 3.8) is 0 Å². The van der Waals surface area contributed by atoms with Crippen LogP contribution in [0.25, 0.3) is 10.8 Å². The number of unbranched alkanes of at least 4 members (excludes halogenated alkanes) is 2. The maximum atomic E-state index is 12.6. The molecule has 1 N–H and O–H groups in total. The number of halogens is 1. The van der Waals surface area contributed by atoms with Crippen molar-refractivity contribution in [3.8, 4) is 0 Å². The zero-order valence-corrected chi connectivity index (χ0v) is 13.6. The Hall–Kier alpha value is -1.72. The Morgan fingerprint density at radius 2 is 1.68 bits per heavy atom. The van der Waals surface area contributed by atoms with Crippen LogP contribution in [0.15, 0.2) is 34.8 Å². The van der Waals surface area contributed by atoms with Gasteiger partial charge in [-0.25, -0.2) is 0 Å². The quantitative estimate of drug-likeness (QED) is 0.656. The van der Waals surface area contributed by atoms with Crippen LogP contribution in [0.3, 0.4) is 0 Å². The lowest BCUT2D eigenvalue weighted by atomic mass is 9.94. The molecule has 1 heterocycles. The molecule has 0 unspecified atom stereocenters. The molecule has 0 fully saturated rings. The van der Waals surface area contributed by atoms with Crippen LogP contribution in [0.5, 0.6) is 0 Å². The van der Waals surface area contributed by atoms with Crippen LogP contribution in [0.1, 0.15) is 40.0 Å². The van der Waals surface area contributed by atoms with E-state index >= 15 is 0 Å². The Morgan fingerprint density at radius 1 is 0.955 bits per heavy atom. The summed E-state index contributed by atoms with van der Waals surface area (Å²) in [4.78, 5) is 26.6. The zero-order valence-electron chi connectivity index (χ0n) is 12.0. The minimum absolute atomic E-state index is 0.137. The average molecular weight is 362 g/mol. The molecule has 0 radical (unpaired) electrons. The largest absolute Gasteiger partial charge is 0.396 e. The Morgan fingerprint density at radius 3 is 2.41 bits per heavy atom. The number of aliphatic hydroxyl groups is 1. The van der Waals surface area contributed by atoms with Gasteiger partial charge in [0, 0.05) is 34.1 Å². The number of hydrogen-bond acceptors (Lipinski definition) is 3. The molecule has 2 aromatic carbocycles. The second-order valence-electron chi connectivity index (χ2n) is 5.37. The van der Waals surface area contributed by atoms with Crippen LogP contribution < -0.4 is 0 Å². The second kappa shape index (κ2) is 6.18. The molecule has 2 aromatic rings. The molecule has 3 rings (SSSR count). The van der Waals surface area contributed by atoms with Crippen molar-refractivity contribution in [2.75, 3.05) is 13.2 Å². The summed E-state index contributed by atoms with van der Waals surface area (Å²) < 4.78 is 0.880. The summed E-state index contributed by atoms with van der Waals surface area (Å²) in [6, 6.07) is 9.13. The summed E-state index contributed by atoms with van der Waals surface area (Å²) in [5, 5.41) is 10.4. The number of nitrogens with zero attached hydrogens (tertiary/aromatic N) is 1. The van der Waals surface area contributed by atoms with Gasteiger partial charge >= 0.3 is 0 Å². The number of benzene rings is 2. The van der Waals surface area contributed by atoms with Crippen LogP contribution in [0, 0.1) is 0 Å². The molecule has 5 heteroatoms. The molecule has 1 aliphatic rings. The van der Waals surface area contributed by atoms with E-state index in [-0.39, 0.29) is 18.4 Å². The Balaban J connectivity index is 2.00. The highest BCUT2D eigenvalue weighted by atomic mass is 79.9. The molecule has 0 saturated heterocycles. The van der Waals surface area contributed by atoms with Gasteiger partial charge in [-0.05, 0) is 42.8 Å². The fourth-order valence-electron chi connectivity index (χ4n) is 2.87. The maximum absolute atomic E-state index is 12.6. The van der Waals surface area contributed by atoms with Crippen molar-refractivity contribution in [3.05, 3.63) is 45.9 Å². The summed E-state index contributed by atoms with van der Waals surface area (Å²) in [7, 11) is 0. The number of carbonyl (C=O) groups excluding carboxylic acids is 2. The smallest absolute Gasteiger partial charge is 0.261 e. The van der Waals surface area contributed by atoms with Crippen molar-refractivity contribution in [2.45, 2.75) is 19.3 Å². The normalized spacial score (nSPS) is 14.0. The van der Waals surface area contributed by atoms with E-state index in [1.807, 2.05) is 18.2 Å². The van der Waals surface area contributed by atoms with E-state index in [1.165, 1.54) is 4.90 Å². The number of amides is 2. The summed E-state index contributed by atoms with van der Waals surface area (Å²) in [5.41, 5.74) is 1.16. The lowest BCUT2D eigenvalue weighted by Crippen LogP contribution is -2.40. The van der Waals surface area contributed by atoms with Crippen molar-refractivity contribution >= 4 is 38.5 Å². The SMILES string of the molecule is O=C1c2cccc3c(Br)ccc(c23)C(=O)N1CCCCCO. The summed E-state index contributed by atoms with van der Waals surface area (Å²) in [6.07, 6.45) is 2.19. The minimum Gasteiger partial charge on any atom is -0.396 e. The van der Waals surface area contributed by atoms with E-state index in [0.29, 0.717) is 30.5 Å². The first kappa shape index (κ1) is 15.2. The van der Waals surface area contributed by atoms with Gasteiger partial charge in [-0.3, -0.25) is 14.5 Å². The average Bonchev–Trinajstić information content (AvgIpc) is 2.53. The lowest BCUT2D eigenvalue weighted by Gasteiger charge is -2.27. The van der Waals surface area contributed by atoms with Crippen LogP contribution in [0.2, 0.25) is 0 Å². The minimum atomic E-state index is -0.231. The van der Waals surface area contributed by atoms with E-state index in [1.54, 1.807) is 12.1 Å². The van der Waals surface area contributed by atoms with Gasteiger partial charge < -0.3 is 5.11 Å². The maximum Gasteiger partial charge on any atom is 0.261 e. The third-order valence-corrected chi connectivity index (χ3v) is 4.67. The lowest BCUT2D eigenvalue weighted by molar-refractivity contribution is 0.0607. The first-order valence-corrected chi connectivity index (χ1v) is 8.12. The Labute approximate surface area is 136 Å². The molecule has 0 spiro atoms. The zero-order chi connectivity index (χ0) is 15.7. The van der Waals surface area contributed by atoms with Gasteiger partial charge in [0.2, 0.25) is 0 Å². The van der Waals surface area contributed by atoms with Gasteiger partial charge in [-0.15, -0.1) is 0 Å². The van der Waals surface area contributed by atoms with Crippen molar-refractivity contribution in [1.29, 1.82) is 0 Å². The third-order valence-electron chi connectivity index (χ3n) is 3.98. The monoisotopic (exact) mass is 361 g/mol. The number of hydrogen-bond donors (Lipinski definition) is 1. The van der Waals surface area contributed by atoms with Crippen molar-refractivity contribution in [2.24, 2.45) is 0 Å². The van der Waals surface area contributed by atoms with Crippen LogP contribution >= 0.6 is 15.9 Å². The molecule has 22 heavy (non-hydrogen) atoms. The molecule has 0 saturated carbocycles. The molecular weight excluding hydrogens is 346 g/mol. The van der Waals surface area contributed by atoms with E-state index in [0.717, 1.165) is 21.7 Å². The first-order valence-electron chi connectivity index (χ1n) is 7.33. The first-order chi connectivity index (χ1) is 10.6. The molecular formula is C17H16BrNO3. The van der Waals surface area contributed by atoms with E-state index in [2.05, 4.69) is 15.9 Å². The number of aliphatic hydroxyl groups excluding tert-OH is 1. The van der Waals surface area contributed by atoms with Gasteiger partial charge in [-0.1, -0.05) is 28.1 Å². The van der Waals surface area contributed by atoms with Crippen molar-refractivity contribution in [1.82, 2.24) is 4.90 Å². The molecule has 0 bridgehead atoms. The third kappa shape index (κ3) is 2.44. The van der Waals surface area contributed by atoms with E-state index in [9.17, 15) is 9.59 Å². The predicted molar refractivity (Wildman–Crippen MR) is 88.0 cm³/mol. The fourth-order valence-corrected chi connectivity index (χ4v) is 3.33. The summed E-state index contributed by atoms with van der Waals surface area (Å²) in [6.45, 7) is 0.529. The molecule has 0 atom stereocenters. The van der Waals surface area contributed by atoms with Gasteiger partial charge in [0.1, 0.15) is 0 Å². The molecule has 114 valence electrons. The number of carbonyl (C=O) groups is 2. The fraction of sp³-hybridized carbons (Fsp3) is 0.294. The Kier molecular flexibility index (Phi) is 4.27. The summed E-state index contributed by atoms with van der Waals surface area (Å²) in [5.74, 6) is -0.463. The van der Waals surface area contributed by atoms with Crippen LogP contribution in [-0.4, -0.2) is 35.0 Å². The van der Waals surface area contributed by atoms with Gasteiger partial charge in [-0.2, -0.15) is 0 Å². The second-order valence-corrected chi connectivity index (χ2v) is 6.22. The standard InChI is InChI=1S/C17H16BrNO3/c18-14-8-7-13-15-11(14)5-4-6-12(15)16(21)19(17(13)22)9-2-1-3-10-20/h4-8,20H,1-3,9-10H2. The van der Waals surface area contributed by atoms with Gasteiger partial charge in [0.25, 0.3) is 11.8 Å².